The lowest BCUT2D eigenvalue weighted by Crippen LogP contribution is -2.33. The second-order valence-electron chi connectivity index (χ2n) is 7.17. The zero-order valence-electron chi connectivity index (χ0n) is 16.0. The van der Waals surface area contributed by atoms with Gasteiger partial charge in [-0.25, -0.2) is 12.7 Å². The van der Waals surface area contributed by atoms with Gasteiger partial charge in [0.1, 0.15) is 5.75 Å². The summed E-state index contributed by atoms with van der Waals surface area (Å²) in [4.78, 5) is 6.75. The number of rotatable bonds is 7. The lowest BCUT2D eigenvalue weighted by Gasteiger charge is -2.18. The molecule has 7 nitrogen and oxygen atoms in total. The highest BCUT2D eigenvalue weighted by Gasteiger charge is 2.35. The molecule has 0 aliphatic carbocycles. The second-order valence-corrected chi connectivity index (χ2v) is 9.40. The van der Waals surface area contributed by atoms with Crippen LogP contribution < -0.4 is 4.74 Å². The van der Waals surface area contributed by atoms with Gasteiger partial charge >= 0.3 is 0 Å². The van der Waals surface area contributed by atoms with Gasteiger partial charge in [0.25, 0.3) is 0 Å². The molecule has 0 spiro atoms. The SMILES string of the molecule is CCOc1ccc2nc(CN3C[C@@H](CS(=O)(=O)N(C)C)[C@H](O)C3)ccc2c1. The fraction of sp³-hybridized carbons (Fsp3) is 0.526. The maximum absolute atomic E-state index is 12.1. The molecule has 1 aliphatic rings. The number of pyridine rings is 1. The molecule has 1 fully saturated rings. The summed E-state index contributed by atoms with van der Waals surface area (Å²) in [5.74, 6) is 0.502. The van der Waals surface area contributed by atoms with E-state index in [1.807, 2.05) is 37.3 Å². The van der Waals surface area contributed by atoms with Gasteiger partial charge in [-0.15, -0.1) is 0 Å². The molecule has 0 saturated carbocycles. The molecule has 2 atom stereocenters. The van der Waals surface area contributed by atoms with Crippen LogP contribution in [-0.2, 0) is 16.6 Å². The van der Waals surface area contributed by atoms with Crippen LogP contribution in [0, 0.1) is 5.92 Å². The molecule has 2 heterocycles. The summed E-state index contributed by atoms with van der Waals surface area (Å²) in [6, 6.07) is 9.80. The monoisotopic (exact) mass is 393 g/mol. The fourth-order valence-corrected chi connectivity index (χ4v) is 4.54. The summed E-state index contributed by atoms with van der Waals surface area (Å²) in [6.07, 6.45) is -0.645. The molecule has 1 aromatic heterocycles. The summed E-state index contributed by atoms with van der Waals surface area (Å²) < 4.78 is 30.9. The summed E-state index contributed by atoms with van der Waals surface area (Å²) in [7, 11) is -0.293. The van der Waals surface area contributed by atoms with E-state index >= 15 is 0 Å². The number of aromatic nitrogens is 1. The Morgan fingerprint density at radius 2 is 2.04 bits per heavy atom. The molecule has 0 radical (unpaired) electrons. The van der Waals surface area contributed by atoms with Gasteiger partial charge in [0.2, 0.25) is 10.0 Å². The number of β-amino-alcohol motifs (C(OH)–C–C–N with tert-alkyl or cyclic N) is 1. The number of aliphatic hydroxyl groups is 1. The summed E-state index contributed by atoms with van der Waals surface area (Å²) >= 11 is 0. The van der Waals surface area contributed by atoms with E-state index < -0.39 is 16.1 Å². The molecule has 1 N–H and O–H groups in total. The van der Waals surface area contributed by atoms with Crippen molar-refractivity contribution in [3.63, 3.8) is 0 Å². The van der Waals surface area contributed by atoms with Crippen LogP contribution in [-0.4, -0.2) is 73.4 Å². The van der Waals surface area contributed by atoms with Crippen LogP contribution in [0.5, 0.6) is 5.75 Å². The number of nitrogens with zero attached hydrogens (tertiary/aromatic N) is 3. The molecule has 27 heavy (non-hydrogen) atoms. The number of hydrogen-bond donors (Lipinski definition) is 1. The number of hydrogen-bond acceptors (Lipinski definition) is 6. The third-order valence-corrected chi connectivity index (χ3v) is 6.84. The van der Waals surface area contributed by atoms with Crippen molar-refractivity contribution in [3.8, 4) is 5.75 Å². The first-order valence-corrected chi connectivity index (χ1v) is 10.7. The Morgan fingerprint density at radius 3 is 2.74 bits per heavy atom. The van der Waals surface area contributed by atoms with E-state index in [-0.39, 0.29) is 11.7 Å². The lowest BCUT2D eigenvalue weighted by molar-refractivity contribution is 0.148. The van der Waals surface area contributed by atoms with E-state index in [1.165, 1.54) is 18.4 Å². The van der Waals surface area contributed by atoms with Crippen LogP contribution in [0.1, 0.15) is 12.6 Å². The molecule has 1 saturated heterocycles. The Balaban J connectivity index is 1.68. The number of sulfonamides is 1. The molecular weight excluding hydrogens is 366 g/mol. The summed E-state index contributed by atoms with van der Waals surface area (Å²) in [5, 5.41) is 11.3. The van der Waals surface area contributed by atoms with Crippen molar-refractivity contribution in [2.45, 2.75) is 19.6 Å². The third-order valence-electron chi connectivity index (χ3n) is 4.88. The molecule has 2 aromatic rings. The molecule has 1 aliphatic heterocycles. The summed E-state index contributed by atoms with van der Waals surface area (Å²) in [6.45, 7) is 4.15. The largest absolute Gasteiger partial charge is 0.494 e. The summed E-state index contributed by atoms with van der Waals surface area (Å²) in [5.41, 5.74) is 1.79. The van der Waals surface area contributed by atoms with E-state index in [9.17, 15) is 13.5 Å². The van der Waals surface area contributed by atoms with Crippen molar-refractivity contribution >= 4 is 20.9 Å². The third kappa shape index (κ3) is 4.76. The first-order chi connectivity index (χ1) is 12.8. The van der Waals surface area contributed by atoms with Crippen molar-refractivity contribution in [2.24, 2.45) is 5.92 Å². The average molecular weight is 394 g/mol. The highest BCUT2D eigenvalue weighted by atomic mass is 32.2. The highest BCUT2D eigenvalue weighted by Crippen LogP contribution is 2.23. The Kier molecular flexibility index (Phi) is 6.00. The van der Waals surface area contributed by atoms with E-state index in [2.05, 4.69) is 9.88 Å². The average Bonchev–Trinajstić information content (AvgIpc) is 2.93. The predicted molar refractivity (Wildman–Crippen MR) is 105 cm³/mol. The van der Waals surface area contributed by atoms with Gasteiger partial charge in [0.15, 0.2) is 0 Å². The van der Waals surface area contributed by atoms with Gasteiger partial charge in [0.05, 0.1) is 29.7 Å². The van der Waals surface area contributed by atoms with Gasteiger partial charge in [-0.2, -0.15) is 0 Å². The first kappa shape index (κ1) is 20.0. The number of likely N-dealkylation sites (tertiary alicyclic amines) is 1. The van der Waals surface area contributed by atoms with Gasteiger partial charge < -0.3 is 9.84 Å². The topological polar surface area (TPSA) is 83.0 Å². The van der Waals surface area contributed by atoms with Crippen molar-refractivity contribution < 1.29 is 18.3 Å². The van der Waals surface area contributed by atoms with Crippen LogP contribution in [0.3, 0.4) is 0 Å². The quantitative estimate of drug-likeness (QED) is 0.764. The Morgan fingerprint density at radius 1 is 1.26 bits per heavy atom. The van der Waals surface area contributed by atoms with Crippen LogP contribution >= 0.6 is 0 Å². The molecular formula is C19H27N3O4S. The van der Waals surface area contributed by atoms with Gasteiger partial charge in [-0.3, -0.25) is 9.88 Å². The molecule has 8 heteroatoms. The highest BCUT2D eigenvalue weighted by molar-refractivity contribution is 7.89. The molecule has 148 valence electrons. The van der Waals surface area contributed by atoms with Gasteiger partial charge in [-0.1, -0.05) is 6.07 Å². The Hall–Kier alpha value is -1.74. The van der Waals surface area contributed by atoms with E-state index in [4.69, 9.17) is 4.74 Å². The van der Waals surface area contributed by atoms with Crippen molar-refractivity contribution in [1.29, 1.82) is 0 Å². The number of benzene rings is 1. The molecule has 3 rings (SSSR count). The van der Waals surface area contributed by atoms with Crippen molar-refractivity contribution in [2.75, 3.05) is 39.5 Å². The normalized spacial score (nSPS) is 21.2. The minimum absolute atomic E-state index is 0.0387. The van der Waals surface area contributed by atoms with Gasteiger partial charge in [-0.05, 0) is 31.2 Å². The molecule has 1 aromatic carbocycles. The predicted octanol–water partition coefficient (Wildman–Crippen LogP) is 1.32. The van der Waals surface area contributed by atoms with Gasteiger partial charge in [0, 0.05) is 45.0 Å². The number of fused-ring (bicyclic) bond motifs is 1. The van der Waals surface area contributed by atoms with E-state index in [0.717, 1.165) is 22.3 Å². The zero-order valence-corrected chi connectivity index (χ0v) is 16.8. The lowest BCUT2D eigenvalue weighted by atomic mass is 10.1. The number of ether oxygens (including phenoxy) is 1. The smallest absolute Gasteiger partial charge is 0.214 e. The van der Waals surface area contributed by atoms with Crippen LogP contribution in [0.2, 0.25) is 0 Å². The molecule has 0 unspecified atom stereocenters. The first-order valence-electron chi connectivity index (χ1n) is 9.11. The van der Waals surface area contributed by atoms with Crippen LogP contribution in [0.15, 0.2) is 30.3 Å². The Bertz CT molecular complexity index is 901. The minimum atomic E-state index is -3.33. The molecule has 0 bridgehead atoms. The Labute approximate surface area is 160 Å². The maximum atomic E-state index is 12.1. The van der Waals surface area contributed by atoms with E-state index in [0.29, 0.717) is 26.2 Å². The van der Waals surface area contributed by atoms with Crippen LogP contribution in [0.25, 0.3) is 10.9 Å². The maximum Gasteiger partial charge on any atom is 0.214 e. The second kappa shape index (κ2) is 8.10. The fourth-order valence-electron chi connectivity index (χ4n) is 3.37. The molecule has 0 amide bonds. The van der Waals surface area contributed by atoms with E-state index in [1.54, 1.807) is 0 Å². The standard InChI is InChI=1S/C19H27N3O4S/c1-4-26-17-7-8-18-14(9-17)5-6-16(20-18)11-22-10-15(19(23)12-22)13-27(24,25)21(2)3/h5-9,15,19,23H,4,10-13H2,1-3H3/t15-,19+/m0/s1. The van der Waals surface area contributed by atoms with Crippen molar-refractivity contribution in [1.82, 2.24) is 14.2 Å². The van der Waals surface area contributed by atoms with Crippen molar-refractivity contribution in [3.05, 3.63) is 36.0 Å². The minimum Gasteiger partial charge on any atom is -0.494 e. The number of aliphatic hydroxyl groups excluding tert-OH is 1. The zero-order chi connectivity index (χ0) is 19.6. The van der Waals surface area contributed by atoms with Crippen LogP contribution in [0.4, 0.5) is 0 Å².